The highest BCUT2D eigenvalue weighted by Crippen LogP contribution is 2.18. The van der Waals surface area contributed by atoms with Gasteiger partial charge in [-0.25, -0.2) is 0 Å². The van der Waals surface area contributed by atoms with Gasteiger partial charge in [0.05, 0.1) is 4.92 Å². The van der Waals surface area contributed by atoms with Crippen molar-refractivity contribution in [2.75, 3.05) is 6.54 Å². The minimum Gasteiger partial charge on any atom is -0.310 e. The second-order valence-corrected chi connectivity index (χ2v) is 4.49. The number of hydrogen-bond donors (Lipinski definition) is 1. The number of nitrogens with zero attached hydrogens (tertiary/aromatic N) is 2. The highest BCUT2D eigenvalue weighted by atomic mass is 16.6. The summed E-state index contributed by atoms with van der Waals surface area (Å²) in [6.07, 6.45) is 2.01. The Morgan fingerprint density at radius 1 is 1.25 bits per heavy atom. The molecule has 0 aliphatic carbocycles. The molecule has 1 heterocycles. The monoisotopic (exact) mass is 271 g/mol. The van der Waals surface area contributed by atoms with Gasteiger partial charge in [-0.1, -0.05) is 37.3 Å². The van der Waals surface area contributed by atoms with E-state index < -0.39 is 4.92 Å². The maximum atomic E-state index is 10.6. The van der Waals surface area contributed by atoms with E-state index in [2.05, 4.69) is 29.4 Å². The van der Waals surface area contributed by atoms with Crippen LogP contribution in [0.4, 0.5) is 5.69 Å². The average molecular weight is 271 g/mol. The second kappa shape index (κ2) is 6.77. The first-order valence-corrected chi connectivity index (χ1v) is 6.58. The number of hydrogen-bond acceptors (Lipinski definition) is 4. The van der Waals surface area contributed by atoms with Crippen molar-refractivity contribution >= 4 is 5.69 Å². The summed E-state index contributed by atoms with van der Waals surface area (Å²) in [6.45, 7) is 2.91. The van der Waals surface area contributed by atoms with Crippen LogP contribution in [-0.4, -0.2) is 16.5 Å². The van der Waals surface area contributed by atoms with E-state index in [1.807, 2.05) is 18.2 Å². The van der Waals surface area contributed by atoms with Gasteiger partial charge in [0.15, 0.2) is 0 Å². The van der Waals surface area contributed by atoms with Crippen LogP contribution in [0, 0.1) is 10.1 Å². The lowest BCUT2D eigenvalue weighted by molar-refractivity contribution is -0.385. The molecule has 2 aromatic rings. The smallest absolute Gasteiger partial charge is 0.287 e. The maximum Gasteiger partial charge on any atom is 0.287 e. The normalized spacial score (nSPS) is 12.1. The number of rotatable bonds is 6. The molecule has 1 N–H and O–H groups in total. The van der Waals surface area contributed by atoms with Crippen LogP contribution in [0.5, 0.6) is 0 Å². The third-order valence-electron chi connectivity index (χ3n) is 3.09. The van der Waals surface area contributed by atoms with Gasteiger partial charge in [-0.3, -0.25) is 15.1 Å². The van der Waals surface area contributed by atoms with Crippen LogP contribution in [0.25, 0.3) is 0 Å². The molecular formula is C15H17N3O2. The van der Waals surface area contributed by atoms with Crippen molar-refractivity contribution in [1.82, 2.24) is 10.3 Å². The fourth-order valence-corrected chi connectivity index (χ4v) is 2.09. The summed E-state index contributed by atoms with van der Waals surface area (Å²) in [5.74, 6) is 0. The van der Waals surface area contributed by atoms with Gasteiger partial charge < -0.3 is 5.32 Å². The number of aromatic nitrogens is 1. The molecule has 0 spiro atoms. The lowest BCUT2D eigenvalue weighted by Crippen LogP contribution is -2.23. The molecule has 1 atom stereocenters. The van der Waals surface area contributed by atoms with Crippen LogP contribution in [0.2, 0.25) is 0 Å². The van der Waals surface area contributed by atoms with Crippen molar-refractivity contribution in [2.24, 2.45) is 0 Å². The topological polar surface area (TPSA) is 68.1 Å². The van der Waals surface area contributed by atoms with Crippen molar-refractivity contribution in [3.05, 3.63) is 70.0 Å². The van der Waals surface area contributed by atoms with E-state index in [9.17, 15) is 10.1 Å². The van der Waals surface area contributed by atoms with E-state index in [0.29, 0.717) is 6.42 Å². The van der Waals surface area contributed by atoms with Gasteiger partial charge in [0, 0.05) is 24.2 Å². The highest BCUT2D eigenvalue weighted by Gasteiger charge is 2.12. The Hall–Kier alpha value is -2.27. The van der Waals surface area contributed by atoms with E-state index in [-0.39, 0.29) is 11.7 Å². The van der Waals surface area contributed by atoms with Gasteiger partial charge in [-0.05, 0) is 18.2 Å². The van der Waals surface area contributed by atoms with Crippen LogP contribution >= 0.6 is 0 Å². The fourth-order valence-electron chi connectivity index (χ4n) is 2.09. The quantitative estimate of drug-likeness (QED) is 0.648. The second-order valence-electron chi connectivity index (χ2n) is 4.49. The summed E-state index contributed by atoms with van der Waals surface area (Å²) < 4.78 is 0. The summed E-state index contributed by atoms with van der Waals surface area (Å²) in [7, 11) is 0. The summed E-state index contributed by atoms with van der Waals surface area (Å²) in [6, 6.07) is 13.5. The van der Waals surface area contributed by atoms with E-state index in [1.165, 1.54) is 17.8 Å². The molecule has 0 aliphatic heterocycles. The zero-order valence-electron chi connectivity index (χ0n) is 11.3. The van der Waals surface area contributed by atoms with E-state index in [4.69, 9.17) is 0 Å². The van der Waals surface area contributed by atoms with Crippen LogP contribution in [0.3, 0.4) is 0 Å². The number of pyridine rings is 1. The Morgan fingerprint density at radius 2 is 2.00 bits per heavy atom. The van der Waals surface area contributed by atoms with Crippen LogP contribution < -0.4 is 5.32 Å². The molecule has 0 aliphatic rings. The van der Waals surface area contributed by atoms with Gasteiger partial charge >= 0.3 is 0 Å². The Labute approximate surface area is 117 Å². The number of benzene rings is 1. The first kappa shape index (κ1) is 14.1. The van der Waals surface area contributed by atoms with Crippen molar-refractivity contribution in [3.8, 4) is 0 Å². The summed E-state index contributed by atoms with van der Waals surface area (Å²) >= 11 is 0. The molecule has 0 saturated heterocycles. The fraction of sp³-hybridized carbons (Fsp3) is 0.267. The summed E-state index contributed by atoms with van der Waals surface area (Å²) in [5.41, 5.74) is 2.05. The minimum absolute atomic E-state index is 0.0217. The van der Waals surface area contributed by atoms with E-state index in [1.54, 1.807) is 6.07 Å². The van der Waals surface area contributed by atoms with E-state index >= 15 is 0 Å². The SMILES string of the molecule is CCNC(Cc1ccc([N+](=O)[O-])cn1)c1ccccc1. The lowest BCUT2D eigenvalue weighted by atomic mass is 10.0. The molecule has 0 saturated carbocycles. The standard InChI is InChI=1S/C15H17N3O2/c1-2-16-15(12-6-4-3-5-7-12)10-13-8-9-14(11-17-13)18(19)20/h3-9,11,15-16H,2,10H2,1H3. The van der Waals surface area contributed by atoms with E-state index in [0.717, 1.165) is 12.2 Å². The highest BCUT2D eigenvalue weighted by molar-refractivity contribution is 5.28. The zero-order chi connectivity index (χ0) is 14.4. The van der Waals surface area contributed by atoms with Crippen molar-refractivity contribution in [1.29, 1.82) is 0 Å². The lowest BCUT2D eigenvalue weighted by Gasteiger charge is -2.17. The maximum absolute atomic E-state index is 10.6. The van der Waals surface area contributed by atoms with Gasteiger partial charge in [-0.2, -0.15) is 0 Å². The number of nitrogens with one attached hydrogen (secondary N) is 1. The van der Waals surface area contributed by atoms with Crippen LogP contribution in [0.15, 0.2) is 48.7 Å². The third kappa shape index (κ3) is 3.61. The first-order valence-electron chi connectivity index (χ1n) is 6.58. The molecular weight excluding hydrogens is 254 g/mol. The molecule has 2 rings (SSSR count). The minimum atomic E-state index is -0.435. The molecule has 0 amide bonds. The molecule has 5 nitrogen and oxygen atoms in total. The molecule has 1 unspecified atom stereocenters. The Morgan fingerprint density at radius 3 is 2.55 bits per heavy atom. The molecule has 0 fully saturated rings. The Balaban J connectivity index is 2.14. The molecule has 0 radical (unpaired) electrons. The zero-order valence-corrected chi connectivity index (χ0v) is 11.3. The van der Waals surface area contributed by atoms with Gasteiger partial charge in [-0.15, -0.1) is 0 Å². The molecule has 1 aromatic carbocycles. The number of likely N-dealkylation sites (N-methyl/N-ethyl adjacent to an activating group) is 1. The average Bonchev–Trinajstić information content (AvgIpc) is 2.48. The Kier molecular flexibility index (Phi) is 4.79. The molecule has 1 aromatic heterocycles. The third-order valence-corrected chi connectivity index (χ3v) is 3.09. The summed E-state index contributed by atoms with van der Waals surface area (Å²) in [4.78, 5) is 14.3. The van der Waals surface area contributed by atoms with Gasteiger partial charge in [0.1, 0.15) is 6.20 Å². The Bertz CT molecular complexity index is 555. The first-order chi connectivity index (χ1) is 9.70. The molecule has 0 bridgehead atoms. The number of nitro groups is 1. The predicted octanol–water partition coefficient (Wildman–Crippen LogP) is 2.88. The summed E-state index contributed by atoms with van der Waals surface area (Å²) in [5, 5.41) is 14.0. The molecule has 20 heavy (non-hydrogen) atoms. The van der Waals surface area contributed by atoms with Crippen molar-refractivity contribution in [2.45, 2.75) is 19.4 Å². The van der Waals surface area contributed by atoms with Gasteiger partial charge in [0.2, 0.25) is 0 Å². The van der Waals surface area contributed by atoms with Crippen LogP contribution in [-0.2, 0) is 6.42 Å². The van der Waals surface area contributed by atoms with Gasteiger partial charge in [0.25, 0.3) is 5.69 Å². The van der Waals surface area contributed by atoms with Crippen molar-refractivity contribution < 1.29 is 4.92 Å². The molecule has 104 valence electrons. The predicted molar refractivity (Wildman–Crippen MR) is 77.5 cm³/mol. The van der Waals surface area contributed by atoms with Crippen molar-refractivity contribution in [3.63, 3.8) is 0 Å². The van der Waals surface area contributed by atoms with Crippen LogP contribution in [0.1, 0.15) is 24.2 Å². The molecule has 5 heteroatoms. The largest absolute Gasteiger partial charge is 0.310 e.